The highest BCUT2D eigenvalue weighted by molar-refractivity contribution is 5.94. The Labute approximate surface area is 135 Å². The van der Waals surface area contributed by atoms with Gasteiger partial charge in [-0.25, -0.2) is 4.98 Å². The van der Waals surface area contributed by atoms with Crippen LogP contribution in [0.4, 0.5) is 0 Å². The number of carbonyl (C=O) groups excluding carboxylic acids is 2. The van der Waals surface area contributed by atoms with E-state index in [4.69, 9.17) is 4.42 Å². The van der Waals surface area contributed by atoms with Crippen LogP contribution in [0.15, 0.2) is 34.9 Å². The Balaban J connectivity index is 2.08. The van der Waals surface area contributed by atoms with E-state index >= 15 is 0 Å². The van der Waals surface area contributed by atoms with Crippen molar-refractivity contribution in [1.82, 2.24) is 15.2 Å². The SMILES string of the molecule is CCNC(=O)c1coc(CN(CC)C(=O)c2ccc(C)cc2)n1. The minimum absolute atomic E-state index is 0.0924. The number of hydrogen-bond donors (Lipinski definition) is 1. The maximum Gasteiger partial charge on any atom is 0.273 e. The van der Waals surface area contributed by atoms with Crippen LogP contribution < -0.4 is 5.32 Å². The van der Waals surface area contributed by atoms with Gasteiger partial charge < -0.3 is 14.6 Å². The summed E-state index contributed by atoms with van der Waals surface area (Å²) in [5.74, 6) is -0.0331. The second-order valence-corrected chi connectivity index (χ2v) is 5.17. The Bertz CT molecular complexity index is 677. The fourth-order valence-electron chi connectivity index (χ4n) is 2.11. The highest BCUT2D eigenvalue weighted by Crippen LogP contribution is 2.11. The first kappa shape index (κ1) is 16.7. The molecular formula is C17H21N3O3. The third-order valence-corrected chi connectivity index (χ3v) is 3.42. The van der Waals surface area contributed by atoms with Gasteiger partial charge in [-0.3, -0.25) is 9.59 Å². The van der Waals surface area contributed by atoms with E-state index < -0.39 is 0 Å². The van der Waals surface area contributed by atoms with E-state index in [1.807, 2.05) is 32.9 Å². The van der Waals surface area contributed by atoms with E-state index in [-0.39, 0.29) is 24.1 Å². The molecule has 0 atom stereocenters. The largest absolute Gasteiger partial charge is 0.446 e. The Morgan fingerprint density at radius 2 is 1.91 bits per heavy atom. The number of nitrogens with one attached hydrogen (secondary N) is 1. The summed E-state index contributed by atoms with van der Waals surface area (Å²) in [5.41, 5.74) is 1.94. The van der Waals surface area contributed by atoms with Gasteiger partial charge in [0.15, 0.2) is 5.69 Å². The van der Waals surface area contributed by atoms with E-state index in [9.17, 15) is 9.59 Å². The van der Waals surface area contributed by atoms with Crippen molar-refractivity contribution in [3.8, 4) is 0 Å². The number of carbonyl (C=O) groups is 2. The molecule has 0 saturated heterocycles. The standard InChI is InChI=1S/C17H21N3O3/c1-4-18-16(21)14-11-23-15(19-14)10-20(5-2)17(22)13-8-6-12(3)7-9-13/h6-9,11H,4-5,10H2,1-3H3,(H,18,21). The smallest absolute Gasteiger partial charge is 0.273 e. The van der Waals surface area contributed by atoms with Gasteiger partial charge >= 0.3 is 0 Å². The number of aromatic nitrogens is 1. The molecule has 2 rings (SSSR count). The molecule has 0 aliphatic heterocycles. The molecule has 6 heteroatoms. The van der Waals surface area contributed by atoms with E-state index in [2.05, 4.69) is 10.3 Å². The maximum absolute atomic E-state index is 12.5. The molecule has 0 radical (unpaired) electrons. The van der Waals surface area contributed by atoms with Crippen molar-refractivity contribution < 1.29 is 14.0 Å². The van der Waals surface area contributed by atoms with E-state index in [1.165, 1.54) is 6.26 Å². The minimum Gasteiger partial charge on any atom is -0.446 e. The first-order valence-electron chi connectivity index (χ1n) is 7.63. The summed E-state index contributed by atoms with van der Waals surface area (Å²) in [6.45, 7) is 6.96. The molecule has 2 amide bonds. The van der Waals surface area contributed by atoms with Gasteiger partial charge in [0.1, 0.15) is 6.26 Å². The quantitative estimate of drug-likeness (QED) is 0.888. The van der Waals surface area contributed by atoms with Gasteiger partial charge in [-0.2, -0.15) is 0 Å². The summed E-state index contributed by atoms with van der Waals surface area (Å²) in [4.78, 5) is 30.0. The molecule has 0 saturated carbocycles. The molecule has 23 heavy (non-hydrogen) atoms. The molecule has 122 valence electrons. The van der Waals surface area contributed by atoms with Crippen molar-refractivity contribution in [2.45, 2.75) is 27.3 Å². The lowest BCUT2D eigenvalue weighted by Crippen LogP contribution is -2.30. The Morgan fingerprint density at radius 1 is 1.22 bits per heavy atom. The van der Waals surface area contributed by atoms with Crippen LogP contribution in [0.5, 0.6) is 0 Å². The number of aryl methyl sites for hydroxylation is 1. The number of nitrogens with zero attached hydrogens (tertiary/aromatic N) is 2. The van der Waals surface area contributed by atoms with Crippen LogP contribution in [-0.2, 0) is 6.54 Å². The van der Waals surface area contributed by atoms with Crippen LogP contribution in [0, 0.1) is 6.92 Å². The topological polar surface area (TPSA) is 75.4 Å². The monoisotopic (exact) mass is 315 g/mol. The molecule has 2 aromatic rings. The zero-order valence-corrected chi connectivity index (χ0v) is 13.6. The molecule has 6 nitrogen and oxygen atoms in total. The van der Waals surface area contributed by atoms with Crippen LogP contribution >= 0.6 is 0 Å². The van der Waals surface area contributed by atoms with E-state index in [1.54, 1.807) is 17.0 Å². The Kier molecular flexibility index (Phi) is 5.51. The molecule has 0 fully saturated rings. The normalized spacial score (nSPS) is 10.4. The maximum atomic E-state index is 12.5. The zero-order valence-electron chi connectivity index (χ0n) is 13.6. The number of hydrogen-bond acceptors (Lipinski definition) is 4. The number of benzene rings is 1. The van der Waals surface area contributed by atoms with Gasteiger partial charge in [0.05, 0.1) is 6.54 Å². The van der Waals surface area contributed by atoms with Crippen molar-refractivity contribution in [2.75, 3.05) is 13.1 Å². The number of oxazole rings is 1. The fraction of sp³-hybridized carbons (Fsp3) is 0.353. The fourth-order valence-corrected chi connectivity index (χ4v) is 2.11. The molecule has 0 unspecified atom stereocenters. The van der Waals surface area contributed by atoms with Crippen LogP contribution in [0.3, 0.4) is 0 Å². The summed E-state index contributed by atoms with van der Waals surface area (Å²) < 4.78 is 5.30. The molecule has 0 bridgehead atoms. The summed E-state index contributed by atoms with van der Waals surface area (Å²) in [7, 11) is 0. The second kappa shape index (κ2) is 7.58. The van der Waals surface area contributed by atoms with Crippen molar-refractivity contribution in [3.63, 3.8) is 0 Å². The van der Waals surface area contributed by atoms with Crippen LogP contribution in [-0.4, -0.2) is 34.8 Å². The predicted octanol–water partition coefficient (Wildman–Crippen LogP) is 2.40. The van der Waals surface area contributed by atoms with Crippen molar-refractivity contribution in [3.05, 3.63) is 53.2 Å². The minimum atomic E-state index is -0.282. The third kappa shape index (κ3) is 4.18. The van der Waals surface area contributed by atoms with Crippen LogP contribution in [0.2, 0.25) is 0 Å². The Hall–Kier alpha value is -2.63. The Morgan fingerprint density at radius 3 is 2.52 bits per heavy atom. The highest BCUT2D eigenvalue weighted by atomic mass is 16.3. The van der Waals surface area contributed by atoms with Crippen molar-refractivity contribution in [1.29, 1.82) is 0 Å². The summed E-state index contributed by atoms with van der Waals surface area (Å²) >= 11 is 0. The molecular weight excluding hydrogens is 294 g/mol. The van der Waals surface area contributed by atoms with E-state index in [0.29, 0.717) is 24.5 Å². The molecule has 0 spiro atoms. The lowest BCUT2D eigenvalue weighted by molar-refractivity contribution is 0.0738. The molecule has 0 aliphatic carbocycles. The lowest BCUT2D eigenvalue weighted by Gasteiger charge is -2.19. The molecule has 1 N–H and O–H groups in total. The van der Waals surface area contributed by atoms with E-state index in [0.717, 1.165) is 5.56 Å². The van der Waals surface area contributed by atoms with Crippen LogP contribution in [0.25, 0.3) is 0 Å². The first-order valence-corrected chi connectivity index (χ1v) is 7.63. The van der Waals surface area contributed by atoms with Gasteiger partial charge in [-0.05, 0) is 32.9 Å². The van der Waals surface area contributed by atoms with Crippen molar-refractivity contribution in [2.24, 2.45) is 0 Å². The third-order valence-electron chi connectivity index (χ3n) is 3.42. The summed E-state index contributed by atoms with van der Waals surface area (Å²) in [6, 6.07) is 7.41. The van der Waals surface area contributed by atoms with Gasteiger partial charge in [-0.15, -0.1) is 0 Å². The van der Waals surface area contributed by atoms with Gasteiger partial charge in [-0.1, -0.05) is 17.7 Å². The molecule has 1 heterocycles. The lowest BCUT2D eigenvalue weighted by atomic mass is 10.1. The second-order valence-electron chi connectivity index (χ2n) is 5.17. The predicted molar refractivity (Wildman–Crippen MR) is 86.1 cm³/mol. The first-order chi connectivity index (χ1) is 11.0. The molecule has 1 aromatic carbocycles. The summed E-state index contributed by atoms with van der Waals surface area (Å²) in [6.07, 6.45) is 1.31. The average Bonchev–Trinajstić information content (AvgIpc) is 3.01. The average molecular weight is 315 g/mol. The molecule has 0 aliphatic rings. The number of amides is 2. The van der Waals surface area contributed by atoms with Gasteiger partial charge in [0.25, 0.3) is 11.8 Å². The summed E-state index contributed by atoms with van der Waals surface area (Å²) in [5, 5.41) is 2.65. The van der Waals surface area contributed by atoms with Crippen LogP contribution in [0.1, 0.15) is 46.1 Å². The van der Waals surface area contributed by atoms with Gasteiger partial charge in [0.2, 0.25) is 5.89 Å². The van der Waals surface area contributed by atoms with Gasteiger partial charge in [0, 0.05) is 18.7 Å². The highest BCUT2D eigenvalue weighted by Gasteiger charge is 2.18. The number of rotatable bonds is 6. The zero-order chi connectivity index (χ0) is 16.8. The molecule has 1 aromatic heterocycles. The van der Waals surface area contributed by atoms with Crippen molar-refractivity contribution >= 4 is 11.8 Å².